The minimum absolute atomic E-state index is 0.151. The van der Waals surface area contributed by atoms with Crippen molar-refractivity contribution in [3.63, 3.8) is 0 Å². The number of aromatic amines is 1. The number of hydrogen-bond donors (Lipinski definition) is 1. The highest BCUT2D eigenvalue weighted by molar-refractivity contribution is 5.85. The van der Waals surface area contributed by atoms with E-state index in [9.17, 15) is 9.59 Å². The zero-order valence-corrected chi connectivity index (χ0v) is 16.2. The SMILES string of the molecule is C[C@]1(C(=O)N2CCC3(CCC(=O)N(CCc4cnc[nH]4)C3)CC2)CCCO1. The Balaban J connectivity index is 1.34. The number of ether oxygens (including phenoxy) is 1. The number of imidazole rings is 1. The molecule has 3 aliphatic rings. The van der Waals surface area contributed by atoms with Crippen LogP contribution in [0, 0.1) is 5.41 Å². The number of amides is 2. The number of piperidine rings is 2. The molecule has 4 heterocycles. The Hall–Kier alpha value is -1.89. The molecule has 148 valence electrons. The summed E-state index contributed by atoms with van der Waals surface area (Å²) in [4.78, 5) is 36.4. The molecule has 1 N–H and O–H groups in total. The van der Waals surface area contributed by atoms with Crippen LogP contribution in [0.15, 0.2) is 12.5 Å². The largest absolute Gasteiger partial charge is 0.365 e. The zero-order chi connectivity index (χ0) is 18.9. The topological polar surface area (TPSA) is 78.5 Å². The van der Waals surface area contributed by atoms with E-state index in [0.29, 0.717) is 13.0 Å². The van der Waals surface area contributed by atoms with Crippen molar-refractivity contribution in [3.8, 4) is 0 Å². The minimum atomic E-state index is -0.622. The number of aromatic nitrogens is 2. The maximum Gasteiger partial charge on any atom is 0.254 e. The van der Waals surface area contributed by atoms with Crippen molar-refractivity contribution in [3.05, 3.63) is 18.2 Å². The van der Waals surface area contributed by atoms with Gasteiger partial charge in [-0.05, 0) is 44.4 Å². The van der Waals surface area contributed by atoms with Crippen LogP contribution in [0.4, 0.5) is 0 Å². The number of carbonyl (C=O) groups is 2. The van der Waals surface area contributed by atoms with E-state index in [1.54, 1.807) is 6.33 Å². The van der Waals surface area contributed by atoms with Gasteiger partial charge in [0.05, 0.1) is 6.33 Å². The molecular formula is C20H30N4O3. The number of H-pyrrole nitrogens is 1. The van der Waals surface area contributed by atoms with E-state index in [-0.39, 0.29) is 17.2 Å². The van der Waals surface area contributed by atoms with E-state index in [1.165, 1.54) is 0 Å². The van der Waals surface area contributed by atoms with Crippen LogP contribution >= 0.6 is 0 Å². The second kappa shape index (κ2) is 7.26. The van der Waals surface area contributed by atoms with E-state index >= 15 is 0 Å². The summed E-state index contributed by atoms with van der Waals surface area (Å²) in [6.07, 6.45) is 9.61. The summed E-state index contributed by atoms with van der Waals surface area (Å²) < 4.78 is 5.74. The van der Waals surface area contributed by atoms with Gasteiger partial charge in [0, 0.05) is 57.5 Å². The summed E-state index contributed by atoms with van der Waals surface area (Å²) in [5, 5.41) is 0. The monoisotopic (exact) mass is 374 g/mol. The third kappa shape index (κ3) is 3.74. The number of hydrogen-bond acceptors (Lipinski definition) is 4. The number of nitrogens with zero attached hydrogens (tertiary/aromatic N) is 3. The van der Waals surface area contributed by atoms with Crippen molar-refractivity contribution < 1.29 is 14.3 Å². The molecule has 1 spiro atoms. The second-order valence-electron chi connectivity index (χ2n) is 8.62. The molecule has 0 bridgehead atoms. The number of rotatable bonds is 4. The quantitative estimate of drug-likeness (QED) is 0.871. The minimum Gasteiger partial charge on any atom is -0.365 e. The van der Waals surface area contributed by atoms with Crippen LogP contribution < -0.4 is 0 Å². The molecule has 1 atom stereocenters. The Morgan fingerprint density at radius 2 is 2.11 bits per heavy atom. The fraction of sp³-hybridized carbons (Fsp3) is 0.750. The Morgan fingerprint density at radius 3 is 2.78 bits per heavy atom. The van der Waals surface area contributed by atoms with Crippen LogP contribution in [0.2, 0.25) is 0 Å². The van der Waals surface area contributed by atoms with Crippen molar-refractivity contribution in [2.75, 3.05) is 32.8 Å². The maximum atomic E-state index is 12.9. The maximum absolute atomic E-state index is 12.9. The van der Waals surface area contributed by atoms with Gasteiger partial charge in [-0.2, -0.15) is 0 Å². The molecule has 0 unspecified atom stereocenters. The summed E-state index contributed by atoms with van der Waals surface area (Å²) in [7, 11) is 0. The lowest BCUT2D eigenvalue weighted by molar-refractivity contribution is -0.155. The average Bonchev–Trinajstić information content (AvgIpc) is 3.35. The number of carbonyl (C=O) groups excluding carboxylic acids is 2. The van der Waals surface area contributed by atoms with Gasteiger partial charge >= 0.3 is 0 Å². The van der Waals surface area contributed by atoms with Gasteiger partial charge < -0.3 is 19.5 Å². The molecule has 2 amide bonds. The summed E-state index contributed by atoms with van der Waals surface area (Å²) in [5.74, 6) is 0.406. The number of likely N-dealkylation sites (tertiary alicyclic amines) is 2. The zero-order valence-electron chi connectivity index (χ0n) is 16.2. The third-order valence-corrected chi connectivity index (χ3v) is 6.74. The highest BCUT2D eigenvalue weighted by Crippen LogP contribution is 2.41. The Labute approximate surface area is 160 Å². The first-order valence-corrected chi connectivity index (χ1v) is 10.2. The van der Waals surface area contributed by atoms with Crippen molar-refractivity contribution >= 4 is 11.8 Å². The molecule has 7 heteroatoms. The predicted molar refractivity (Wildman–Crippen MR) is 99.9 cm³/mol. The standard InChI is InChI=1S/C20H30N4O3/c1-19(5-2-12-27-19)18(26)23-10-7-20(8-11-23)6-3-17(25)24(14-20)9-4-16-13-21-15-22-16/h13,15H,2-12,14H2,1H3,(H,21,22)/t19-/m1/s1. The molecule has 3 saturated heterocycles. The molecule has 7 nitrogen and oxygen atoms in total. The molecule has 0 aliphatic carbocycles. The Kier molecular flexibility index (Phi) is 4.97. The lowest BCUT2D eigenvalue weighted by atomic mass is 9.72. The number of nitrogens with one attached hydrogen (secondary N) is 1. The molecule has 3 aliphatic heterocycles. The summed E-state index contributed by atoms with van der Waals surface area (Å²) in [5.41, 5.74) is 0.604. The lowest BCUT2D eigenvalue weighted by Crippen LogP contribution is -2.55. The average molecular weight is 374 g/mol. The van der Waals surface area contributed by atoms with Crippen LogP contribution in [0.1, 0.15) is 51.1 Å². The van der Waals surface area contributed by atoms with Gasteiger partial charge in [0.15, 0.2) is 0 Å². The van der Waals surface area contributed by atoms with Crippen LogP contribution in [0.3, 0.4) is 0 Å². The normalized spacial score (nSPS) is 28.1. The Morgan fingerprint density at radius 1 is 1.30 bits per heavy atom. The van der Waals surface area contributed by atoms with Crippen LogP contribution in [0.25, 0.3) is 0 Å². The molecule has 1 aromatic rings. The van der Waals surface area contributed by atoms with E-state index in [4.69, 9.17) is 4.74 Å². The predicted octanol–water partition coefficient (Wildman–Crippen LogP) is 1.75. The highest BCUT2D eigenvalue weighted by Gasteiger charge is 2.45. The summed E-state index contributed by atoms with van der Waals surface area (Å²) in [6, 6.07) is 0. The van der Waals surface area contributed by atoms with Gasteiger partial charge in [-0.1, -0.05) is 0 Å². The molecule has 0 radical (unpaired) electrons. The molecule has 4 rings (SSSR count). The molecule has 3 fully saturated rings. The van der Waals surface area contributed by atoms with Gasteiger partial charge in [-0.25, -0.2) is 4.98 Å². The summed E-state index contributed by atoms with van der Waals surface area (Å²) in [6.45, 7) is 5.73. The molecular weight excluding hydrogens is 344 g/mol. The fourth-order valence-electron chi connectivity index (χ4n) is 4.86. The first kappa shape index (κ1) is 18.5. The van der Waals surface area contributed by atoms with Crippen LogP contribution in [-0.2, 0) is 20.7 Å². The lowest BCUT2D eigenvalue weighted by Gasteiger charge is -2.48. The van der Waals surface area contributed by atoms with Gasteiger partial charge in [0.1, 0.15) is 5.60 Å². The van der Waals surface area contributed by atoms with Gasteiger partial charge in [-0.3, -0.25) is 9.59 Å². The highest BCUT2D eigenvalue weighted by atomic mass is 16.5. The molecule has 0 saturated carbocycles. The van der Waals surface area contributed by atoms with Gasteiger partial charge in [0.2, 0.25) is 5.91 Å². The van der Waals surface area contributed by atoms with Crippen molar-refractivity contribution in [2.45, 2.75) is 57.5 Å². The van der Waals surface area contributed by atoms with E-state index in [2.05, 4.69) is 9.97 Å². The second-order valence-corrected chi connectivity index (χ2v) is 8.62. The molecule has 0 aromatic carbocycles. The van der Waals surface area contributed by atoms with Crippen LogP contribution in [0.5, 0.6) is 0 Å². The fourth-order valence-corrected chi connectivity index (χ4v) is 4.86. The van der Waals surface area contributed by atoms with Gasteiger partial charge in [0.25, 0.3) is 5.91 Å². The Bertz CT molecular complexity index is 673. The van der Waals surface area contributed by atoms with Crippen LogP contribution in [-0.4, -0.2) is 70.0 Å². The van der Waals surface area contributed by atoms with Crippen molar-refractivity contribution in [1.82, 2.24) is 19.8 Å². The third-order valence-electron chi connectivity index (χ3n) is 6.74. The summed E-state index contributed by atoms with van der Waals surface area (Å²) >= 11 is 0. The van der Waals surface area contributed by atoms with Crippen molar-refractivity contribution in [1.29, 1.82) is 0 Å². The van der Waals surface area contributed by atoms with E-state index in [0.717, 1.165) is 70.4 Å². The van der Waals surface area contributed by atoms with Gasteiger partial charge in [-0.15, -0.1) is 0 Å². The van der Waals surface area contributed by atoms with Crippen molar-refractivity contribution in [2.24, 2.45) is 5.41 Å². The van der Waals surface area contributed by atoms with E-state index < -0.39 is 5.60 Å². The molecule has 27 heavy (non-hydrogen) atoms. The molecule has 1 aromatic heterocycles. The first-order valence-electron chi connectivity index (χ1n) is 10.2. The first-order chi connectivity index (χ1) is 13.0. The smallest absolute Gasteiger partial charge is 0.254 e. The van der Waals surface area contributed by atoms with E-state index in [1.807, 2.05) is 22.9 Å².